The van der Waals surface area contributed by atoms with Crippen LogP contribution in [0, 0.1) is 71.0 Å². The van der Waals surface area contributed by atoms with Gasteiger partial charge in [-0.3, -0.25) is 4.90 Å². The van der Waals surface area contributed by atoms with Crippen LogP contribution in [-0.4, -0.2) is 47.4 Å². The second kappa shape index (κ2) is 16.7. The largest absolute Gasteiger partial charge is 0.374 e. The molecule has 2 saturated heterocycles. The first-order valence-corrected chi connectivity index (χ1v) is 26.3. The van der Waals surface area contributed by atoms with Gasteiger partial charge in [0.15, 0.2) is 0 Å². The first-order chi connectivity index (χ1) is 27.3. The number of hydrogen-bond acceptors (Lipinski definition) is 3. The minimum atomic E-state index is 0.520. The van der Waals surface area contributed by atoms with Crippen molar-refractivity contribution in [3.63, 3.8) is 0 Å². The number of ether oxygens (including phenoxy) is 2. The number of fused-ring (bicyclic) bond motifs is 8. The van der Waals surface area contributed by atoms with Gasteiger partial charge in [-0.05, 0) is 187 Å². The highest BCUT2D eigenvalue weighted by atomic mass is 16.5. The fraction of sp³-hybridized carbons (Fsp3) is 1.00. The van der Waals surface area contributed by atoms with Crippen molar-refractivity contribution in [1.82, 2.24) is 4.90 Å². The molecule has 0 aromatic heterocycles. The second-order valence-electron chi connectivity index (χ2n) is 23.2. The zero-order valence-corrected chi connectivity index (χ0v) is 35.6. The monoisotopic (exact) mass is 756 g/mol. The van der Waals surface area contributed by atoms with E-state index in [0.717, 1.165) is 89.1 Å². The van der Waals surface area contributed by atoms with Gasteiger partial charge in [-0.25, -0.2) is 0 Å². The number of rotatable bonds is 6. The normalized spacial score (nSPS) is 52.1. The van der Waals surface area contributed by atoms with E-state index in [4.69, 9.17) is 9.47 Å². The van der Waals surface area contributed by atoms with Crippen LogP contribution in [0.3, 0.4) is 0 Å². The first kappa shape index (κ1) is 37.8. The van der Waals surface area contributed by atoms with Crippen molar-refractivity contribution >= 4 is 0 Å². The van der Waals surface area contributed by atoms with Gasteiger partial charge in [0, 0.05) is 24.0 Å². The zero-order chi connectivity index (χ0) is 36.3. The van der Waals surface area contributed by atoms with Crippen molar-refractivity contribution < 1.29 is 9.47 Å². The maximum absolute atomic E-state index is 7.61. The Bertz CT molecular complexity index is 1240. The Morgan fingerprint density at radius 2 is 0.800 bits per heavy atom. The van der Waals surface area contributed by atoms with Crippen molar-refractivity contribution in [2.45, 2.75) is 254 Å². The summed E-state index contributed by atoms with van der Waals surface area (Å²) in [5.41, 5.74) is 0. The highest BCUT2D eigenvalue weighted by Gasteiger charge is 2.60. The molecule has 0 aromatic rings. The Morgan fingerprint density at radius 3 is 1.62 bits per heavy atom. The van der Waals surface area contributed by atoms with Gasteiger partial charge < -0.3 is 9.47 Å². The molecule has 14 atom stereocenters. The van der Waals surface area contributed by atoms with E-state index in [1.165, 1.54) is 135 Å². The summed E-state index contributed by atoms with van der Waals surface area (Å²) in [6.07, 6.45) is 51.9. The second-order valence-corrected chi connectivity index (χ2v) is 23.2. The third-order valence-electron chi connectivity index (χ3n) is 21.0. The third-order valence-corrected chi connectivity index (χ3v) is 21.0. The van der Waals surface area contributed by atoms with Crippen molar-refractivity contribution in [1.29, 1.82) is 0 Å². The molecule has 0 amide bonds. The Balaban J connectivity index is 0.794. The molecule has 3 nitrogen and oxygen atoms in total. The molecule has 2 heterocycles. The fourth-order valence-electron chi connectivity index (χ4n) is 18.7. The smallest absolute Gasteiger partial charge is 0.0667 e. The molecule has 0 radical (unpaired) electrons. The lowest BCUT2D eigenvalue weighted by atomic mass is 9.59. The highest BCUT2D eigenvalue weighted by molar-refractivity contribution is 5.08. The van der Waals surface area contributed by atoms with E-state index < -0.39 is 0 Å². The van der Waals surface area contributed by atoms with Gasteiger partial charge in [-0.2, -0.15) is 0 Å². The Labute approximate surface area is 338 Å². The van der Waals surface area contributed by atoms with E-state index in [2.05, 4.69) is 4.90 Å². The number of hydrogen-bond donors (Lipinski definition) is 0. The third kappa shape index (κ3) is 7.31. The summed E-state index contributed by atoms with van der Waals surface area (Å²) in [6.45, 7) is 0. The Hall–Kier alpha value is -0.120. The van der Waals surface area contributed by atoms with Crippen LogP contribution < -0.4 is 0 Å². The Morgan fingerprint density at radius 1 is 0.273 bits per heavy atom. The highest BCUT2D eigenvalue weighted by Crippen LogP contribution is 2.59. The lowest BCUT2D eigenvalue weighted by Crippen LogP contribution is -2.54. The summed E-state index contributed by atoms with van der Waals surface area (Å²) in [5.74, 6) is 11.5. The first-order valence-electron chi connectivity index (χ1n) is 26.3. The van der Waals surface area contributed by atoms with Crippen LogP contribution in [0.4, 0.5) is 0 Å². The van der Waals surface area contributed by atoms with Crippen LogP contribution in [0.2, 0.25) is 0 Å². The topological polar surface area (TPSA) is 21.7 Å². The SMILES string of the molecule is C1CCC(C2CCC(N(C3CCC(C4CCCC5CCCCC54)CC3)C3CCCC(C4CCCC5C6CCC7OC8CCCCC8C7C6OC45)C3)CC2)CC1. The summed E-state index contributed by atoms with van der Waals surface area (Å²) in [5, 5.41) is 0. The standard InChI is InChI=1S/C52H85NO2/c1-2-11-34(12-3-1)35-23-27-39(28-24-35)53(40-29-25-37(26-30-40)43-19-9-14-36-13-4-5-17-42(36)43)41-16-8-15-38(33-41)44-20-10-21-45-46-31-32-49-50(52(46)55-51(44)45)47-18-6-7-22-48(47)54-49/h34-52H,1-33H2. The molecule has 11 fully saturated rings. The maximum Gasteiger partial charge on any atom is 0.0667 e. The summed E-state index contributed by atoms with van der Waals surface area (Å²) in [4.78, 5) is 3.38. The van der Waals surface area contributed by atoms with Crippen LogP contribution in [0.5, 0.6) is 0 Å². The van der Waals surface area contributed by atoms with E-state index in [0.29, 0.717) is 24.4 Å². The average Bonchev–Trinajstić information content (AvgIpc) is 3.83. The minimum Gasteiger partial charge on any atom is -0.374 e. The molecule has 55 heavy (non-hydrogen) atoms. The van der Waals surface area contributed by atoms with Gasteiger partial charge in [0.1, 0.15) is 0 Å². The lowest BCUT2D eigenvalue weighted by Gasteiger charge is -2.53. The van der Waals surface area contributed by atoms with Crippen molar-refractivity contribution in [2.24, 2.45) is 71.0 Å². The predicted octanol–water partition coefficient (Wildman–Crippen LogP) is 13.3. The summed E-state index contributed by atoms with van der Waals surface area (Å²) in [6, 6.07) is 2.62. The molecule has 2 aliphatic heterocycles. The maximum atomic E-state index is 7.61. The molecule has 310 valence electrons. The fourth-order valence-corrected chi connectivity index (χ4v) is 18.7. The van der Waals surface area contributed by atoms with E-state index >= 15 is 0 Å². The molecule has 14 unspecified atom stereocenters. The van der Waals surface area contributed by atoms with Gasteiger partial charge in [-0.15, -0.1) is 0 Å². The zero-order valence-electron chi connectivity index (χ0n) is 35.6. The predicted molar refractivity (Wildman–Crippen MR) is 225 cm³/mol. The molecule has 0 bridgehead atoms. The van der Waals surface area contributed by atoms with E-state index in [1.54, 1.807) is 77.0 Å². The quantitative estimate of drug-likeness (QED) is 0.269. The van der Waals surface area contributed by atoms with E-state index in [9.17, 15) is 0 Å². The van der Waals surface area contributed by atoms with Crippen molar-refractivity contribution in [3.8, 4) is 0 Å². The Kier molecular flexibility index (Phi) is 11.5. The number of nitrogens with zero attached hydrogens (tertiary/aromatic N) is 1. The molecule has 11 aliphatic rings. The molecule has 0 aromatic carbocycles. The molecule has 9 aliphatic carbocycles. The van der Waals surface area contributed by atoms with Crippen molar-refractivity contribution in [2.75, 3.05) is 0 Å². The molecule has 3 heteroatoms. The van der Waals surface area contributed by atoms with Crippen LogP contribution in [-0.2, 0) is 9.47 Å². The van der Waals surface area contributed by atoms with Gasteiger partial charge >= 0.3 is 0 Å². The van der Waals surface area contributed by atoms with Gasteiger partial charge in [-0.1, -0.05) is 89.9 Å². The van der Waals surface area contributed by atoms with Gasteiger partial charge in [0.25, 0.3) is 0 Å². The van der Waals surface area contributed by atoms with Crippen molar-refractivity contribution in [3.05, 3.63) is 0 Å². The summed E-state index contributed by atoms with van der Waals surface area (Å²) >= 11 is 0. The van der Waals surface area contributed by atoms with E-state index in [1.807, 2.05) is 0 Å². The van der Waals surface area contributed by atoms with Crippen LogP contribution in [0.15, 0.2) is 0 Å². The van der Waals surface area contributed by atoms with Crippen LogP contribution in [0.1, 0.15) is 212 Å². The van der Waals surface area contributed by atoms with Crippen LogP contribution >= 0.6 is 0 Å². The molecular weight excluding hydrogens is 671 g/mol. The molecule has 0 N–H and O–H groups in total. The van der Waals surface area contributed by atoms with Gasteiger partial charge in [0.2, 0.25) is 0 Å². The molecular formula is C52H85NO2. The minimum absolute atomic E-state index is 0.520. The average molecular weight is 756 g/mol. The summed E-state index contributed by atoms with van der Waals surface area (Å²) < 4.78 is 14.5. The molecule has 0 spiro atoms. The molecule has 9 saturated carbocycles. The van der Waals surface area contributed by atoms with E-state index in [-0.39, 0.29) is 0 Å². The van der Waals surface area contributed by atoms with Gasteiger partial charge in [0.05, 0.1) is 24.4 Å². The van der Waals surface area contributed by atoms with Crippen LogP contribution in [0.25, 0.3) is 0 Å². The summed E-state index contributed by atoms with van der Waals surface area (Å²) in [7, 11) is 0. The lowest BCUT2D eigenvalue weighted by molar-refractivity contribution is -0.0900. The molecule has 11 rings (SSSR count).